The maximum atomic E-state index is 2.36. The largest absolute Gasteiger partial charge is 0.0842 e. The standard InChI is InChI=1S/C21H20/c1-2-15-14-18-13-12-16-8-6-7-11-19(16)21(18)20(15)17-9-4-3-5-10-17/h2,4,6-9,11-13H,3,5,10,14H2,1H3/b15-2-,20-17+. The number of fused-ring (bicyclic) bond motifs is 3. The smallest absolute Gasteiger partial charge is 0.00164 e. The summed E-state index contributed by atoms with van der Waals surface area (Å²) >= 11 is 0. The molecule has 0 aromatic heterocycles. The molecule has 0 aliphatic heterocycles. The second kappa shape index (κ2) is 5.04. The normalized spacial score (nSPS) is 23.0. The molecule has 2 aliphatic rings. The van der Waals surface area contributed by atoms with Crippen LogP contribution in [0.15, 0.2) is 65.8 Å². The molecule has 0 unspecified atom stereocenters. The molecule has 2 aliphatic carbocycles. The lowest BCUT2D eigenvalue weighted by molar-refractivity contribution is 0.823. The molecule has 104 valence electrons. The fourth-order valence-electron chi connectivity index (χ4n) is 3.75. The molecule has 0 radical (unpaired) electrons. The fraction of sp³-hybridized carbons (Fsp3) is 0.238. The van der Waals surface area contributed by atoms with E-state index in [1.54, 1.807) is 0 Å². The van der Waals surface area contributed by atoms with Crippen molar-refractivity contribution in [3.63, 3.8) is 0 Å². The third-order valence-electron chi connectivity index (χ3n) is 4.77. The van der Waals surface area contributed by atoms with Crippen LogP contribution < -0.4 is 0 Å². The van der Waals surface area contributed by atoms with Crippen molar-refractivity contribution in [1.29, 1.82) is 0 Å². The first-order valence-electron chi connectivity index (χ1n) is 7.94. The Morgan fingerprint density at radius 2 is 1.95 bits per heavy atom. The highest BCUT2D eigenvalue weighted by Crippen LogP contribution is 2.44. The van der Waals surface area contributed by atoms with Crippen LogP contribution in [0.3, 0.4) is 0 Å². The van der Waals surface area contributed by atoms with Crippen LogP contribution >= 0.6 is 0 Å². The summed E-state index contributed by atoms with van der Waals surface area (Å²) in [5.41, 5.74) is 7.53. The minimum Gasteiger partial charge on any atom is -0.0842 e. The summed E-state index contributed by atoms with van der Waals surface area (Å²) in [6.45, 7) is 2.18. The van der Waals surface area contributed by atoms with Crippen LogP contribution in [0.2, 0.25) is 0 Å². The third-order valence-corrected chi connectivity index (χ3v) is 4.77. The maximum Gasteiger partial charge on any atom is -0.00164 e. The van der Waals surface area contributed by atoms with Gasteiger partial charge in [-0.15, -0.1) is 0 Å². The van der Waals surface area contributed by atoms with Crippen LogP contribution in [0.5, 0.6) is 0 Å². The van der Waals surface area contributed by atoms with E-state index in [9.17, 15) is 0 Å². The Kier molecular flexibility index (Phi) is 3.03. The second-order valence-electron chi connectivity index (χ2n) is 6.01. The van der Waals surface area contributed by atoms with E-state index < -0.39 is 0 Å². The lowest BCUT2D eigenvalue weighted by atomic mass is 9.89. The molecular formula is C21H20. The van der Waals surface area contributed by atoms with Gasteiger partial charge >= 0.3 is 0 Å². The molecule has 0 heteroatoms. The lowest BCUT2D eigenvalue weighted by Crippen LogP contribution is -1.94. The van der Waals surface area contributed by atoms with Crippen molar-refractivity contribution >= 4 is 16.3 Å². The van der Waals surface area contributed by atoms with E-state index >= 15 is 0 Å². The van der Waals surface area contributed by atoms with Gasteiger partial charge in [-0.1, -0.05) is 54.6 Å². The van der Waals surface area contributed by atoms with Gasteiger partial charge in [0.15, 0.2) is 0 Å². The highest BCUT2D eigenvalue weighted by molar-refractivity contribution is 6.03. The monoisotopic (exact) mass is 272 g/mol. The maximum absolute atomic E-state index is 2.36. The number of hydrogen-bond acceptors (Lipinski definition) is 0. The molecule has 0 N–H and O–H groups in total. The van der Waals surface area contributed by atoms with Crippen LogP contribution in [0.1, 0.15) is 37.3 Å². The summed E-state index contributed by atoms with van der Waals surface area (Å²) in [5, 5.41) is 2.76. The van der Waals surface area contributed by atoms with Crippen molar-refractivity contribution in [2.75, 3.05) is 0 Å². The zero-order chi connectivity index (χ0) is 14.2. The zero-order valence-electron chi connectivity index (χ0n) is 12.5. The van der Waals surface area contributed by atoms with Gasteiger partial charge in [-0.3, -0.25) is 0 Å². The molecule has 0 bridgehead atoms. The first kappa shape index (κ1) is 12.6. The molecule has 21 heavy (non-hydrogen) atoms. The van der Waals surface area contributed by atoms with Gasteiger partial charge in [0, 0.05) is 0 Å². The molecular weight excluding hydrogens is 252 g/mol. The van der Waals surface area contributed by atoms with E-state index in [2.05, 4.69) is 61.5 Å². The van der Waals surface area contributed by atoms with E-state index in [0.717, 1.165) is 6.42 Å². The summed E-state index contributed by atoms with van der Waals surface area (Å²) in [7, 11) is 0. The van der Waals surface area contributed by atoms with Crippen LogP contribution in [-0.4, -0.2) is 0 Å². The molecule has 4 rings (SSSR count). The summed E-state index contributed by atoms with van der Waals surface area (Å²) in [5.74, 6) is 0. The Balaban J connectivity index is 2.07. The molecule has 0 atom stereocenters. The van der Waals surface area contributed by atoms with Gasteiger partial charge in [0.25, 0.3) is 0 Å². The highest BCUT2D eigenvalue weighted by Gasteiger charge is 2.25. The van der Waals surface area contributed by atoms with E-state index in [1.165, 1.54) is 57.9 Å². The van der Waals surface area contributed by atoms with Crippen molar-refractivity contribution in [1.82, 2.24) is 0 Å². The quantitative estimate of drug-likeness (QED) is 0.565. The fourth-order valence-corrected chi connectivity index (χ4v) is 3.75. The molecule has 0 spiro atoms. The Bertz CT molecular complexity index is 800. The predicted molar refractivity (Wildman–Crippen MR) is 91.3 cm³/mol. The van der Waals surface area contributed by atoms with Gasteiger partial charge in [0.05, 0.1) is 0 Å². The van der Waals surface area contributed by atoms with Crippen LogP contribution in [0, 0.1) is 0 Å². The second-order valence-corrected chi connectivity index (χ2v) is 6.01. The van der Waals surface area contributed by atoms with Gasteiger partial charge in [0.1, 0.15) is 0 Å². The van der Waals surface area contributed by atoms with Crippen molar-refractivity contribution in [3.05, 3.63) is 76.9 Å². The van der Waals surface area contributed by atoms with E-state index in [4.69, 9.17) is 0 Å². The van der Waals surface area contributed by atoms with Crippen LogP contribution in [0.25, 0.3) is 16.3 Å². The Labute approximate surface area is 126 Å². The topological polar surface area (TPSA) is 0 Å². The Hall–Kier alpha value is -2.08. The summed E-state index contributed by atoms with van der Waals surface area (Å²) in [4.78, 5) is 0. The Morgan fingerprint density at radius 3 is 2.76 bits per heavy atom. The SMILES string of the molecule is C/C=C1/Cc2ccc3ccccc3c2/C1=C1\C=CCCC1. The molecule has 0 amide bonds. The van der Waals surface area contributed by atoms with Crippen LogP contribution in [-0.2, 0) is 6.42 Å². The van der Waals surface area contributed by atoms with Gasteiger partial charge in [-0.05, 0) is 71.2 Å². The number of hydrogen-bond donors (Lipinski definition) is 0. The minimum atomic E-state index is 1.09. The number of rotatable bonds is 0. The highest BCUT2D eigenvalue weighted by atomic mass is 14.3. The van der Waals surface area contributed by atoms with Crippen molar-refractivity contribution in [3.8, 4) is 0 Å². The third kappa shape index (κ3) is 1.98. The number of benzene rings is 2. The van der Waals surface area contributed by atoms with Crippen molar-refractivity contribution < 1.29 is 0 Å². The first-order chi connectivity index (χ1) is 10.4. The van der Waals surface area contributed by atoms with Gasteiger partial charge in [0.2, 0.25) is 0 Å². The van der Waals surface area contributed by atoms with E-state index in [0.29, 0.717) is 0 Å². The summed E-state index contributed by atoms with van der Waals surface area (Å²) in [6, 6.07) is 13.4. The molecule has 0 nitrogen and oxygen atoms in total. The van der Waals surface area contributed by atoms with E-state index in [1.807, 2.05) is 0 Å². The molecule has 0 saturated carbocycles. The average Bonchev–Trinajstić information content (AvgIpc) is 2.94. The average molecular weight is 272 g/mol. The summed E-state index contributed by atoms with van der Waals surface area (Å²) in [6.07, 6.45) is 11.8. The molecule has 0 heterocycles. The van der Waals surface area contributed by atoms with Crippen molar-refractivity contribution in [2.45, 2.75) is 32.6 Å². The van der Waals surface area contributed by atoms with Crippen molar-refractivity contribution in [2.24, 2.45) is 0 Å². The Morgan fingerprint density at radius 1 is 1.05 bits per heavy atom. The van der Waals surface area contributed by atoms with Crippen LogP contribution in [0.4, 0.5) is 0 Å². The molecule has 2 aromatic rings. The van der Waals surface area contributed by atoms with Gasteiger partial charge in [-0.2, -0.15) is 0 Å². The minimum absolute atomic E-state index is 1.09. The van der Waals surface area contributed by atoms with E-state index in [-0.39, 0.29) is 0 Å². The zero-order valence-corrected chi connectivity index (χ0v) is 12.5. The lowest BCUT2D eigenvalue weighted by Gasteiger charge is -2.15. The first-order valence-corrected chi connectivity index (χ1v) is 7.94. The van der Waals surface area contributed by atoms with Gasteiger partial charge in [-0.25, -0.2) is 0 Å². The predicted octanol–water partition coefficient (Wildman–Crippen LogP) is 5.84. The molecule has 0 saturated heterocycles. The number of allylic oxidation sites excluding steroid dienone is 6. The molecule has 2 aromatic carbocycles. The van der Waals surface area contributed by atoms with Gasteiger partial charge < -0.3 is 0 Å². The molecule has 0 fully saturated rings. The summed E-state index contributed by atoms with van der Waals surface area (Å²) < 4.78 is 0.